The Bertz CT molecular complexity index is 1550. The first-order chi connectivity index (χ1) is 16.1. The Kier molecular flexibility index (Phi) is 6.05. The maximum Gasteiger partial charge on any atom is 0.316 e. The average Bonchev–Trinajstić information content (AvgIpc) is 3.36. The molecule has 0 saturated heterocycles. The number of para-hydroxylation sites is 4. The highest BCUT2D eigenvalue weighted by molar-refractivity contribution is 7.99. The number of nitrogens with zero attached hydrogens (tertiary/aromatic N) is 4. The first kappa shape index (κ1) is 21.9. The number of carbonyl (C=O) groups is 1. The van der Waals surface area contributed by atoms with Gasteiger partial charge < -0.3 is 9.47 Å². The summed E-state index contributed by atoms with van der Waals surface area (Å²) in [6.45, 7) is 4.62. The zero-order valence-electron chi connectivity index (χ0n) is 18.0. The van der Waals surface area contributed by atoms with Gasteiger partial charge in [-0.3, -0.25) is 13.8 Å². The van der Waals surface area contributed by atoms with Gasteiger partial charge in [0.15, 0.2) is 20.4 Å². The summed E-state index contributed by atoms with van der Waals surface area (Å²) in [5, 5.41) is 0.648. The fraction of sp³-hybridized carbons (Fsp3) is 0.217. The third kappa shape index (κ3) is 3.88. The van der Waals surface area contributed by atoms with E-state index >= 15 is 0 Å². The van der Waals surface area contributed by atoms with Crippen LogP contribution >= 0.6 is 35.3 Å². The second-order valence-electron chi connectivity index (χ2n) is 7.00. The number of fused-ring (bicyclic) bond motifs is 5. The monoisotopic (exact) mass is 496 g/mol. The SMILES string of the molecule is CCOC(=O)CSc1nc2c(sc(=S)n2-c2ccccc2OCC)c2nc3ccccc3n12. The van der Waals surface area contributed by atoms with Crippen LogP contribution < -0.4 is 4.74 Å². The van der Waals surface area contributed by atoms with Gasteiger partial charge in [-0.25, -0.2) is 9.97 Å². The van der Waals surface area contributed by atoms with E-state index in [4.69, 9.17) is 31.7 Å². The molecule has 0 amide bonds. The summed E-state index contributed by atoms with van der Waals surface area (Å²) >= 11 is 8.56. The van der Waals surface area contributed by atoms with Crippen LogP contribution in [0.5, 0.6) is 5.75 Å². The molecule has 3 aromatic heterocycles. The topological polar surface area (TPSA) is 70.6 Å². The van der Waals surface area contributed by atoms with Crippen molar-refractivity contribution in [3.8, 4) is 11.4 Å². The Morgan fingerprint density at radius 3 is 2.67 bits per heavy atom. The number of esters is 1. The van der Waals surface area contributed by atoms with E-state index in [1.165, 1.54) is 23.1 Å². The molecule has 0 unspecified atom stereocenters. The van der Waals surface area contributed by atoms with Crippen molar-refractivity contribution in [3.63, 3.8) is 0 Å². The molecule has 0 N–H and O–H groups in total. The molecule has 0 aliphatic carbocycles. The number of thiazole rings is 1. The minimum atomic E-state index is -0.286. The van der Waals surface area contributed by atoms with E-state index in [0.29, 0.717) is 28.0 Å². The lowest BCUT2D eigenvalue weighted by Crippen LogP contribution is -2.08. The predicted octanol–water partition coefficient (Wildman–Crippen LogP) is 5.67. The number of thioether (sulfide) groups is 1. The van der Waals surface area contributed by atoms with Crippen LogP contribution in [0.3, 0.4) is 0 Å². The summed E-state index contributed by atoms with van der Waals surface area (Å²) in [6, 6.07) is 15.6. The molecule has 0 saturated carbocycles. The molecule has 10 heteroatoms. The molecule has 0 atom stereocenters. The third-order valence-electron chi connectivity index (χ3n) is 4.97. The molecule has 168 valence electrons. The molecule has 0 aliphatic heterocycles. The number of hydrogen-bond acceptors (Lipinski definition) is 8. The van der Waals surface area contributed by atoms with E-state index in [1.54, 1.807) is 6.92 Å². The second kappa shape index (κ2) is 9.12. The highest BCUT2D eigenvalue weighted by Gasteiger charge is 2.21. The van der Waals surface area contributed by atoms with Gasteiger partial charge in [-0.05, 0) is 50.3 Å². The fourth-order valence-electron chi connectivity index (χ4n) is 3.68. The lowest BCUT2D eigenvalue weighted by atomic mass is 10.3. The van der Waals surface area contributed by atoms with Crippen molar-refractivity contribution >= 4 is 68.3 Å². The van der Waals surface area contributed by atoms with E-state index in [2.05, 4.69) is 0 Å². The van der Waals surface area contributed by atoms with Gasteiger partial charge in [0.1, 0.15) is 10.4 Å². The molecule has 33 heavy (non-hydrogen) atoms. The van der Waals surface area contributed by atoms with Crippen molar-refractivity contribution in [2.45, 2.75) is 19.0 Å². The van der Waals surface area contributed by atoms with Crippen molar-refractivity contribution in [1.29, 1.82) is 0 Å². The summed E-state index contributed by atoms with van der Waals surface area (Å²) in [4.78, 5) is 22.0. The fourth-order valence-corrected chi connectivity index (χ4v) is 5.82. The van der Waals surface area contributed by atoms with Gasteiger partial charge in [0.2, 0.25) is 0 Å². The first-order valence-corrected chi connectivity index (χ1v) is 12.7. The van der Waals surface area contributed by atoms with Crippen LogP contribution in [0, 0.1) is 3.95 Å². The van der Waals surface area contributed by atoms with Crippen LogP contribution in [0.25, 0.3) is 32.7 Å². The summed E-state index contributed by atoms with van der Waals surface area (Å²) in [6.07, 6.45) is 0. The van der Waals surface area contributed by atoms with Gasteiger partial charge in [-0.15, -0.1) is 0 Å². The van der Waals surface area contributed by atoms with Crippen LogP contribution in [0.4, 0.5) is 0 Å². The van der Waals surface area contributed by atoms with Gasteiger partial charge in [-0.1, -0.05) is 47.4 Å². The number of hydrogen-bond donors (Lipinski definition) is 0. The molecule has 0 radical (unpaired) electrons. The highest BCUT2D eigenvalue weighted by Crippen LogP contribution is 2.36. The number of aromatic nitrogens is 4. The molecule has 5 rings (SSSR count). The van der Waals surface area contributed by atoms with Crippen molar-refractivity contribution < 1.29 is 14.3 Å². The average molecular weight is 497 g/mol. The molecular formula is C23H20N4O3S3. The number of ether oxygens (including phenoxy) is 2. The van der Waals surface area contributed by atoms with Crippen molar-refractivity contribution in [1.82, 2.24) is 18.9 Å². The molecule has 0 spiro atoms. The Balaban J connectivity index is 1.80. The van der Waals surface area contributed by atoms with E-state index in [9.17, 15) is 4.79 Å². The Morgan fingerprint density at radius 2 is 1.85 bits per heavy atom. The van der Waals surface area contributed by atoms with E-state index in [-0.39, 0.29) is 11.7 Å². The maximum atomic E-state index is 12.1. The molecule has 3 heterocycles. The summed E-state index contributed by atoms with van der Waals surface area (Å²) in [5.41, 5.74) is 4.05. The quantitative estimate of drug-likeness (QED) is 0.124. The number of benzene rings is 2. The summed E-state index contributed by atoms with van der Waals surface area (Å²) in [7, 11) is 0. The van der Waals surface area contributed by atoms with Crippen LogP contribution in [-0.2, 0) is 9.53 Å². The van der Waals surface area contributed by atoms with Crippen LogP contribution in [-0.4, -0.2) is 43.9 Å². The van der Waals surface area contributed by atoms with Crippen LogP contribution in [0.2, 0.25) is 0 Å². The van der Waals surface area contributed by atoms with Crippen molar-refractivity contribution in [3.05, 3.63) is 52.5 Å². The normalized spacial score (nSPS) is 11.5. The smallest absolute Gasteiger partial charge is 0.316 e. The zero-order valence-corrected chi connectivity index (χ0v) is 20.4. The minimum absolute atomic E-state index is 0.147. The summed E-state index contributed by atoms with van der Waals surface area (Å²) in [5.74, 6) is 0.589. The Morgan fingerprint density at radius 1 is 1.06 bits per heavy atom. The lowest BCUT2D eigenvalue weighted by molar-refractivity contribution is -0.139. The minimum Gasteiger partial charge on any atom is -0.492 e. The number of imidazole rings is 1. The predicted molar refractivity (Wildman–Crippen MR) is 135 cm³/mol. The Labute approximate surface area is 203 Å². The van der Waals surface area contributed by atoms with Gasteiger partial charge in [0, 0.05) is 0 Å². The van der Waals surface area contributed by atoms with E-state index < -0.39 is 0 Å². The van der Waals surface area contributed by atoms with Gasteiger partial charge in [0.05, 0.1) is 35.7 Å². The summed E-state index contributed by atoms with van der Waals surface area (Å²) < 4.78 is 16.4. The number of carbonyl (C=O) groups excluding carboxylic acids is 1. The third-order valence-corrected chi connectivity index (χ3v) is 7.25. The van der Waals surface area contributed by atoms with Crippen molar-refractivity contribution in [2.75, 3.05) is 19.0 Å². The largest absolute Gasteiger partial charge is 0.492 e. The Hall–Kier alpha value is -2.95. The second-order valence-corrected chi connectivity index (χ2v) is 9.59. The molecule has 0 fully saturated rings. The number of rotatable bonds is 7. The highest BCUT2D eigenvalue weighted by atomic mass is 32.2. The zero-order chi connectivity index (χ0) is 22.9. The van der Waals surface area contributed by atoms with Gasteiger partial charge in [0.25, 0.3) is 0 Å². The van der Waals surface area contributed by atoms with Gasteiger partial charge >= 0.3 is 5.97 Å². The van der Waals surface area contributed by atoms with E-state index in [1.807, 2.05) is 64.4 Å². The standard InChI is InChI=1S/C23H20N4O3S3/c1-3-29-17-12-8-7-11-16(17)27-21-19(33-23(27)31)20-24-14-9-5-6-10-15(14)26(20)22(25-21)32-13-18(28)30-4-2/h5-12H,3-4,13H2,1-2H3. The van der Waals surface area contributed by atoms with Crippen LogP contribution in [0.15, 0.2) is 53.7 Å². The molecule has 0 bridgehead atoms. The molecule has 0 aliphatic rings. The molecule has 2 aromatic carbocycles. The molecule has 7 nitrogen and oxygen atoms in total. The molecular weight excluding hydrogens is 476 g/mol. The van der Waals surface area contributed by atoms with Gasteiger partial charge in [-0.2, -0.15) is 0 Å². The lowest BCUT2D eigenvalue weighted by Gasteiger charge is -2.12. The molecule has 5 aromatic rings. The first-order valence-electron chi connectivity index (χ1n) is 10.5. The van der Waals surface area contributed by atoms with E-state index in [0.717, 1.165) is 32.8 Å². The maximum absolute atomic E-state index is 12.1. The van der Waals surface area contributed by atoms with Crippen LogP contribution in [0.1, 0.15) is 13.8 Å². The van der Waals surface area contributed by atoms with Crippen molar-refractivity contribution in [2.24, 2.45) is 0 Å².